The van der Waals surface area contributed by atoms with Crippen molar-refractivity contribution >= 4 is 21.2 Å². The van der Waals surface area contributed by atoms with Crippen LogP contribution in [0.25, 0.3) is 0 Å². The predicted molar refractivity (Wildman–Crippen MR) is 45.8 cm³/mol. The van der Waals surface area contributed by atoms with E-state index >= 15 is 0 Å². The van der Waals surface area contributed by atoms with Crippen molar-refractivity contribution in [3.63, 3.8) is 0 Å². The van der Waals surface area contributed by atoms with E-state index in [9.17, 15) is 9.59 Å². The van der Waals surface area contributed by atoms with Crippen molar-refractivity contribution in [3.8, 4) is 0 Å². The molecule has 0 saturated carbocycles. The molecule has 0 aromatic carbocycles. The molecule has 0 aromatic heterocycles. The van der Waals surface area contributed by atoms with Gasteiger partial charge in [-0.2, -0.15) is 0 Å². The largest absolute Gasteiger partial charge is 0.487 e. The summed E-state index contributed by atoms with van der Waals surface area (Å²) in [7, 11) is -2.05. The van der Waals surface area contributed by atoms with Gasteiger partial charge in [0.1, 0.15) is 0 Å². The van der Waals surface area contributed by atoms with Crippen molar-refractivity contribution in [3.05, 3.63) is 0 Å². The van der Waals surface area contributed by atoms with Crippen LogP contribution in [0.4, 0.5) is 0 Å². The lowest BCUT2D eigenvalue weighted by atomic mass is 10.6. The molecule has 0 amide bonds. The lowest BCUT2D eigenvalue weighted by Gasteiger charge is -2.13. The molecule has 0 aliphatic heterocycles. The Morgan fingerprint density at radius 2 is 1.58 bits per heavy atom. The van der Waals surface area contributed by atoms with E-state index in [2.05, 4.69) is 0 Å². The molecule has 0 atom stereocenters. The summed E-state index contributed by atoms with van der Waals surface area (Å²) in [6.07, 6.45) is 0.859. The third kappa shape index (κ3) is 5.91. The van der Waals surface area contributed by atoms with Crippen LogP contribution in [0.15, 0.2) is 0 Å². The van der Waals surface area contributed by atoms with Crippen LogP contribution in [-0.2, 0) is 18.4 Å². The van der Waals surface area contributed by atoms with Gasteiger partial charge in [-0.25, -0.2) is 0 Å². The van der Waals surface area contributed by atoms with Gasteiger partial charge in [-0.15, -0.1) is 0 Å². The molecule has 0 bridgehead atoms. The van der Waals surface area contributed by atoms with Crippen molar-refractivity contribution in [1.29, 1.82) is 0 Å². The number of hydrogen-bond acceptors (Lipinski definition) is 4. The molecule has 0 N–H and O–H groups in total. The van der Waals surface area contributed by atoms with E-state index in [1.165, 1.54) is 13.8 Å². The number of hydrogen-bond donors (Lipinski definition) is 0. The molecule has 0 spiro atoms. The fourth-order valence-corrected chi connectivity index (χ4v) is 2.24. The normalized spacial score (nSPS) is 9.67. The minimum atomic E-state index is -2.05. The van der Waals surface area contributed by atoms with Gasteiger partial charge in [0.15, 0.2) is 0 Å². The summed E-state index contributed by atoms with van der Waals surface area (Å²) < 4.78 is 9.72. The summed E-state index contributed by atoms with van der Waals surface area (Å²) in [6.45, 7) is 4.59. The van der Waals surface area contributed by atoms with Crippen molar-refractivity contribution in [2.75, 3.05) is 0 Å². The quantitative estimate of drug-likeness (QED) is 0.614. The summed E-state index contributed by atoms with van der Waals surface area (Å²) >= 11 is 0. The van der Waals surface area contributed by atoms with Crippen LogP contribution in [0.3, 0.4) is 0 Å². The molecule has 0 rings (SSSR count). The topological polar surface area (TPSA) is 52.6 Å². The average molecular weight is 190 g/mol. The molecule has 4 nitrogen and oxygen atoms in total. The number of carbonyl (C=O) groups is 2. The van der Waals surface area contributed by atoms with Crippen LogP contribution in [-0.4, -0.2) is 21.2 Å². The Balaban J connectivity index is 3.85. The van der Waals surface area contributed by atoms with E-state index in [0.29, 0.717) is 6.04 Å². The van der Waals surface area contributed by atoms with Crippen molar-refractivity contribution in [2.45, 2.75) is 33.2 Å². The van der Waals surface area contributed by atoms with E-state index < -0.39 is 9.28 Å². The van der Waals surface area contributed by atoms with Crippen LogP contribution in [0, 0.1) is 0 Å². The summed E-state index contributed by atoms with van der Waals surface area (Å²) in [6, 6.07) is 0.680. The first kappa shape index (κ1) is 11.2. The third-order valence-corrected chi connectivity index (χ3v) is 3.36. The summed E-state index contributed by atoms with van der Waals surface area (Å²) in [5.41, 5.74) is 0. The molecule has 70 valence electrons. The Morgan fingerprint density at radius 3 is 1.83 bits per heavy atom. The van der Waals surface area contributed by atoms with Gasteiger partial charge in [-0.05, 0) is 0 Å². The van der Waals surface area contributed by atoms with Gasteiger partial charge in [0.2, 0.25) is 0 Å². The second kappa shape index (κ2) is 5.76. The van der Waals surface area contributed by atoms with E-state index in [1.807, 2.05) is 6.92 Å². The first-order chi connectivity index (χ1) is 5.56. The molecular formula is C7H14O4Si. The van der Waals surface area contributed by atoms with Crippen LogP contribution in [0.5, 0.6) is 0 Å². The van der Waals surface area contributed by atoms with Gasteiger partial charge in [0.25, 0.3) is 11.9 Å². The van der Waals surface area contributed by atoms with E-state index in [0.717, 1.165) is 6.42 Å². The van der Waals surface area contributed by atoms with Gasteiger partial charge < -0.3 is 8.85 Å². The first-order valence-electron chi connectivity index (χ1n) is 3.90. The second-order valence-corrected chi connectivity index (χ2v) is 4.34. The van der Waals surface area contributed by atoms with E-state index in [1.54, 1.807) is 0 Å². The SMILES string of the molecule is CCC[SiH](OC(C)=O)OC(C)=O. The predicted octanol–water partition coefficient (Wildman–Crippen LogP) is 0.743. The third-order valence-electron chi connectivity index (χ3n) is 1.12. The fourth-order valence-electron chi connectivity index (χ4n) is 0.748. The van der Waals surface area contributed by atoms with Gasteiger partial charge in [0, 0.05) is 19.9 Å². The van der Waals surface area contributed by atoms with Gasteiger partial charge >= 0.3 is 9.28 Å². The lowest BCUT2D eigenvalue weighted by Crippen LogP contribution is -2.26. The number of carbonyl (C=O) groups excluding carboxylic acids is 2. The highest BCUT2D eigenvalue weighted by Gasteiger charge is 2.18. The lowest BCUT2D eigenvalue weighted by molar-refractivity contribution is -0.137. The highest BCUT2D eigenvalue weighted by atomic mass is 28.3. The zero-order valence-corrected chi connectivity index (χ0v) is 8.78. The smallest absolute Gasteiger partial charge is 0.448 e. The van der Waals surface area contributed by atoms with E-state index in [-0.39, 0.29) is 11.9 Å². The van der Waals surface area contributed by atoms with Gasteiger partial charge in [-0.3, -0.25) is 9.59 Å². The van der Waals surface area contributed by atoms with E-state index in [4.69, 9.17) is 8.85 Å². The molecule has 0 unspecified atom stereocenters. The first-order valence-corrected chi connectivity index (χ1v) is 5.66. The average Bonchev–Trinajstić information content (AvgIpc) is 1.84. The van der Waals surface area contributed by atoms with Crippen LogP contribution >= 0.6 is 0 Å². The molecule has 0 saturated heterocycles. The van der Waals surface area contributed by atoms with Gasteiger partial charge in [-0.1, -0.05) is 13.3 Å². The van der Waals surface area contributed by atoms with Gasteiger partial charge in [0.05, 0.1) is 0 Å². The Bertz CT molecular complexity index is 153. The van der Waals surface area contributed by atoms with Crippen LogP contribution in [0.2, 0.25) is 6.04 Å². The Labute approximate surface area is 73.7 Å². The Hall–Kier alpha value is -0.843. The molecule has 12 heavy (non-hydrogen) atoms. The summed E-state index contributed by atoms with van der Waals surface area (Å²) in [5.74, 6) is -0.747. The molecule has 0 radical (unpaired) electrons. The van der Waals surface area contributed by atoms with Crippen LogP contribution < -0.4 is 0 Å². The van der Waals surface area contributed by atoms with Crippen molar-refractivity contribution in [2.24, 2.45) is 0 Å². The minimum Gasteiger partial charge on any atom is -0.487 e. The summed E-state index contributed by atoms with van der Waals surface area (Å²) in [5, 5.41) is 0. The Morgan fingerprint density at radius 1 is 1.17 bits per heavy atom. The monoisotopic (exact) mass is 190 g/mol. The van der Waals surface area contributed by atoms with Crippen LogP contribution in [0.1, 0.15) is 27.2 Å². The molecule has 0 aliphatic rings. The minimum absolute atomic E-state index is 0.374. The highest BCUT2D eigenvalue weighted by Crippen LogP contribution is 2.01. The number of rotatable bonds is 4. The maximum atomic E-state index is 10.5. The second-order valence-electron chi connectivity index (χ2n) is 2.44. The molecule has 0 aromatic rings. The molecule has 0 aliphatic carbocycles. The zero-order valence-electron chi connectivity index (χ0n) is 7.62. The molecule has 0 fully saturated rings. The Kier molecular flexibility index (Phi) is 5.36. The van der Waals surface area contributed by atoms with Crippen molar-refractivity contribution < 1.29 is 18.4 Å². The maximum Gasteiger partial charge on any atom is 0.448 e. The molecule has 0 heterocycles. The maximum absolute atomic E-state index is 10.5. The van der Waals surface area contributed by atoms with Crippen molar-refractivity contribution in [1.82, 2.24) is 0 Å². The standard InChI is InChI=1S/C7H14O4Si/c1-4-5-12(10-6(2)8)11-7(3)9/h12H,4-5H2,1-3H3. The molecule has 5 heteroatoms. The summed E-state index contributed by atoms with van der Waals surface area (Å²) in [4.78, 5) is 21.1. The highest BCUT2D eigenvalue weighted by molar-refractivity contribution is 6.48. The zero-order chi connectivity index (χ0) is 9.56. The molecular weight excluding hydrogens is 176 g/mol. The fraction of sp³-hybridized carbons (Fsp3) is 0.714.